The molecule has 2 aliphatic heterocycles. The largest absolute Gasteiger partial charge is 0.508 e. The van der Waals surface area contributed by atoms with Crippen LogP contribution in [0.3, 0.4) is 0 Å². The monoisotopic (exact) mass is 346 g/mol. The van der Waals surface area contributed by atoms with Gasteiger partial charge in [-0.2, -0.15) is 0 Å². The lowest BCUT2D eigenvalue weighted by atomic mass is 10.0. The molecule has 136 valence electrons. The average Bonchev–Trinajstić information content (AvgIpc) is 2.58. The van der Waals surface area contributed by atoms with Crippen LogP contribution >= 0.6 is 0 Å². The van der Waals surface area contributed by atoms with E-state index < -0.39 is 30.7 Å². The summed E-state index contributed by atoms with van der Waals surface area (Å²) >= 11 is 0. The van der Waals surface area contributed by atoms with E-state index in [2.05, 4.69) is 0 Å². The minimum atomic E-state index is -0.912. The lowest BCUT2D eigenvalue weighted by Crippen LogP contribution is -2.41. The van der Waals surface area contributed by atoms with Gasteiger partial charge in [-0.15, -0.1) is 0 Å². The first-order valence-electron chi connectivity index (χ1n) is 7.99. The Morgan fingerprint density at radius 3 is 1.71 bits per heavy atom. The SMILES string of the molecule is CCC1COC(=O)OC1COC(=O)OCC1OC(=O)OCC1CC. The third-order valence-electron chi connectivity index (χ3n) is 4.16. The normalized spacial score (nSPS) is 29.6. The summed E-state index contributed by atoms with van der Waals surface area (Å²) in [7, 11) is 0. The number of ether oxygens (including phenoxy) is 6. The standard InChI is InChI=1S/C15H22O9/c1-3-9-5-19-14(17)23-11(9)7-21-13(16)22-8-12-10(4-2)6-20-15(18)24-12/h9-12H,3-8H2,1-2H3. The molecule has 2 rings (SSSR count). The molecule has 0 saturated carbocycles. The molecular formula is C15H22O9. The fraction of sp³-hybridized carbons (Fsp3) is 0.800. The molecule has 2 heterocycles. The molecule has 24 heavy (non-hydrogen) atoms. The summed E-state index contributed by atoms with van der Waals surface area (Å²) in [6.07, 6.45) is -2.16. The molecule has 2 saturated heterocycles. The molecule has 4 unspecified atom stereocenters. The van der Waals surface area contributed by atoms with Crippen molar-refractivity contribution >= 4 is 18.5 Å². The van der Waals surface area contributed by atoms with Gasteiger partial charge in [0.15, 0.2) is 0 Å². The second kappa shape index (κ2) is 8.60. The molecule has 9 heteroatoms. The van der Waals surface area contributed by atoms with Crippen LogP contribution in [-0.4, -0.2) is 57.1 Å². The van der Waals surface area contributed by atoms with Crippen LogP contribution in [0.1, 0.15) is 26.7 Å². The Morgan fingerprint density at radius 1 is 0.917 bits per heavy atom. The van der Waals surface area contributed by atoms with Gasteiger partial charge < -0.3 is 28.4 Å². The fourth-order valence-corrected chi connectivity index (χ4v) is 2.52. The number of hydrogen-bond acceptors (Lipinski definition) is 9. The zero-order chi connectivity index (χ0) is 17.5. The Labute approximate surface area is 139 Å². The number of rotatable bonds is 6. The molecule has 0 bridgehead atoms. The maximum absolute atomic E-state index is 11.7. The molecule has 0 aromatic rings. The predicted octanol–water partition coefficient (Wildman–Crippen LogP) is 2.26. The highest BCUT2D eigenvalue weighted by atomic mass is 16.8. The van der Waals surface area contributed by atoms with Gasteiger partial charge in [0.25, 0.3) is 0 Å². The number of carbonyl (C=O) groups is 3. The van der Waals surface area contributed by atoms with E-state index in [-0.39, 0.29) is 38.3 Å². The summed E-state index contributed by atoms with van der Waals surface area (Å²) < 4.78 is 29.5. The van der Waals surface area contributed by atoms with Gasteiger partial charge in [-0.3, -0.25) is 0 Å². The quantitative estimate of drug-likeness (QED) is 0.528. The molecule has 0 spiro atoms. The van der Waals surface area contributed by atoms with Crippen molar-refractivity contribution in [3.63, 3.8) is 0 Å². The van der Waals surface area contributed by atoms with E-state index in [1.807, 2.05) is 13.8 Å². The highest BCUT2D eigenvalue weighted by Crippen LogP contribution is 2.21. The highest BCUT2D eigenvalue weighted by molar-refractivity contribution is 5.62. The summed E-state index contributed by atoms with van der Waals surface area (Å²) in [6, 6.07) is 0. The van der Waals surface area contributed by atoms with Crippen LogP contribution in [0.2, 0.25) is 0 Å². The van der Waals surface area contributed by atoms with Crippen LogP contribution in [-0.2, 0) is 28.4 Å². The van der Waals surface area contributed by atoms with Crippen LogP contribution in [0.5, 0.6) is 0 Å². The van der Waals surface area contributed by atoms with Gasteiger partial charge in [0.05, 0.1) is 0 Å². The molecule has 0 amide bonds. The van der Waals surface area contributed by atoms with Gasteiger partial charge in [0.2, 0.25) is 0 Å². The molecule has 0 aromatic heterocycles. The van der Waals surface area contributed by atoms with Gasteiger partial charge in [0, 0.05) is 11.8 Å². The second-order valence-electron chi connectivity index (χ2n) is 5.64. The first kappa shape index (κ1) is 18.2. The van der Waals surface area contributed by atoms with E-state index in [1.54, 1.807) is 0 Å². The van der Waals surface area contributed by atoms with Crippen molar-refractivity contribution in [1.29, 1.82) is 0 Å². The Morgan fingerprint density at radius 2 is 1.33 bits per heavy atom. The topological polar surface area (TPSA) is 107 Å². The zero-order valence-corrected chi connectivity index (χ0v) is 13.7. The molecule has 9 nitrogen and oxygen atoms in total. The van der Waals surface area contributed by atoms with Gasteiger partial charge in [0.1, 0.15) is 38.6 Å². The van der Waals surface area contributed by atoms with Crippen molar-refractivity contribution < 1.29 is 42.8 Å². The Balaban J connectivity index is 1.74. The van der Waals surface area contributed by atoms with Crippen LogP contribution in [0.4, 0.5) is 14.4 Å². The van der Waals surface area contributed by atoms with E-state index in [0.29, 0.717) is 12.8 Å². The molecule has 0 radical (unpaired) electrons. The molecule has 0 aromatic carbocycles. The highest BCUT2D eigenvalue weighted by Gasteiger charge is 2.34. The Kier molecular flexibility index (Phi) is 6.51. The number of hydrogen-bond donors (Lipinski definition) is 0. The van der Waals surface area contributed by atoms with Crippen LogP contribution < -0.4 is 0 Å². The van der Waals surface area contributed by atoms with Crippen LogP contribution in [0.25, 0.3) is 0 Å². The number of cyclic esters (lactones) is 4. The van der Waals surface area contributed by atoms with E-state index in [0.717, 1.165) is 0 Å². The second-order valence-corrected chi connectivity index (χ2v) is 5.64. The Hall–Kier alpha value is -2.19. The predicted molar refractivity (Wildman–Crippen MR) is 77.3 cm³/mol. The van der Waals surface area contributed by atoms with E-state index in [9.17, 15) is 14.4 Å². The summed E-state index contributed by atoms with van der Waals surface area (Å²) in [5.74, 6) is -0.0900. The van der Waals surface area contributed by atoms with Crippen molar-refractivity contribution in [2.24, 2.45) is 11.8 Å². The Bertz CT molecular complexity index is 424. The molecular weight excluding hydrogens is 324 g/mol. The zero-order valence-electron chi connectivity index (χ0n) is 13.7. The molecule has 0 aliphatic carbocycles. The fourth-order valence-electron chi connectivity index (χ4n) is 2.52. The average molecular weight is 346 g/mol. The smallest absolute Gasteiger partial charge is 0.434 e. The third kappa shape index (κ3) is 4.90. The summed E-state index contributed by atoms with van der Waals surface area (Å²) in [4.78, 5) is 34.0. The van der Waals surface area contributed by atoms with Gasteiger partial charge in [-0.1, -0.05) is 13.8 Å². The van der Waals surface area contributed by atoms with E-state index in [4.69, 9.17) is 28.4 Å². The van der Waals surface area contributed by atoms with Crippen LogP contribution in [0.15, 0.2) is 0 Å². The summed E-state index contributed by atoms with van der Waals surface area (Å²) in [5, 5.41) is 0. The lowest BCUT2D eigenvalue weighted by Gasteiger charge is -2.30. The van der Waals surface area contributed by atoms with Crippen molar-refractivity contribution in [3.8, 4) is 0 Å². The maximum Gasteiger partial charge on any atom is 0.508 e. The van der Waals surface area contributed by atoms with Crippen molar-refractivity contribution in [2.45, 2.75) is 38.9 Å². The van der Waals surface area contributed by atoms with E-state index in [1.165, 1.54) is 0 Å². The summed E-state index contributed by atoms with van der Waals surface area (Å²) in [5.41, 5.74) is 0. The molecule has 4 atom stereocenters. The minimum absolute atomic E-state index is 0.0450. The first-order valence-corrected chi connectivity index (χ1v) is 7.99. The summed E-state index contributed by atoms with van der Waals surface area (Å²) in [6.45, 7) is 4.07. The number of carbonyl (C=O) groups excluding carboxylic acids is 3. The van der Waals surface area contributed by atoms with Gasteiger partial charge in [-0.05, 0) is 12.8 Å². The molecule has 0 N–H and O–H groups in total. The van der Waals surface area contributed by atoms with Crippen LogP contribution in [0, 0.1) is 11.8 Å². The van der Waals surface area contributed by atoms with Gasteiger partial charge in [-0.25, -0.2) is 14.4 Å². The van der Waals surface area contributed by atoms with Crippen molar-refractivity contribution in [1.82, 2.24) is 0 Å². The molecule has 2 fully saturated rings. The van der Waals surface area contributed by atoms with E-state index >= 15 is 0 Å². The van der Waals surface area contributed by atoms with Crippen molar-refractivity contribution in [2.75, 3.05) is 26.4 Å². The first-order chi connectivity index (χ1) is 11.5. The third-order valence-corrected chi connectivity index (χ3v) is 4.16. The van der Waals surface area contributed by atoms with Gasteiger partial charge >= 0.3 is 18.5 Å². The lowest BCUT2D eigenvalue weighted by molar-refractivity contribution is -0.0972. The maximum atomic E-state index is 11.7. The minimum Gasteiger partial charge on any atom is -0.434 e. The van der Waals surface area contributed by atoms with Crippen molar-refractivity contribution in [3.05, 3.63) is 0 Å². The molecule has 2 aliphatic rings.